The highest BCUT2D eigenvalue weighted by atomic mass is 35.5. The molecule has 2 rings (SSSR count). The lowest BCUT2D eigenvalue weighted by molar-refractivity contribution is -0.116. The zero-order valence-corrected chi connectivity index (χ0v) is 16.0. The van der Waals surface area contributed by atoms with E-state index in [0.29, 0.717) is 10.4 Å². The second kappa shape index (κ2) is 7.77. The first-order chi connectivity index (χ1) is 12.0. The SMILES string of the molecule is CC(C(=O)Nc1cccc(Cl)c1Cl)N(c1ccc(F)c(F)c1)S(C)(=O)=O. The topological polar surface area (TPSA) is 66.5 Å². The van der Waals surface area contributed by atoms with Gasteiger partial charge in [-0.1, -0.05) is 29.3 Å². The number of hydrogen-bond acceptors (Lipinski definition) is 3. The van der Waals surface area contributed by atoms with E-state index < -0.39 is 33.6 Å². The number of halogens is 4. The fraction of sp³-hybridized carbons (Fsp3) is 0.188. The first-order valence-electron chi connectivity index (χ1n) is 7.21. The zero-order valence-electron chi connectivity index (χ0n) is 13.6. The van der Waals surface area contributed by atoms with Crippen molar-refractivity contribution in [1.29, 1.82) is 0 Å². The molecule has 1 atom stereocenters. The molecule has 0 spiro atoms. The van der Waals surface area contributed by atoms with Crippen LogP contribution in [0.1, 0.15) is 6.92 Å². The van der Waals surface area contributed by atoms with Crippen LogP contribution in [0.3, 0.4) is 0 Å². The molecule has 1 unspecified atom stereocenters. The first-order valence-corrected chi connectivity index (χ1v) is 9.82. The van der Waals surface area contributed by atoms with Gasteiger partial charge >= 0.3 is 0 Å². The Hall–Kier alpha value is -1.90. The smallest absolute Gasteiger partial charge is 0.248 e. The molecule has 26 heavy (non-hydrogen) atoms. The predicted molar refractivity (Wildman–Crippen MR) is 98.2 cm³/mol. The minimum absolute atomic E-state index is 0.0912. The number of nitrogens with one attached hydrogen (secondary N) is 1. The molecule has 1 N–H and O–H groups in total. The van der Waals surface area contributed by atoms with Gasteiger partial charge in [0.15, 0.2) is 11.6 Å². The van der Waals surface area contributed by atoms with Gasteiger partial charge in [-0.05, 0) is 31.2 Å². The van der Waals surface area contributed by atoms with Crippen molar-refractivity contribution >= 4 is 50.5 Å². The lowest BCUT2D eigenvalue weighted by Crippen LogP contribution is -2.45. The molecule has 0 radical (unpaired) electrons. The van der Waals surface area contributed by atoms with E-state index in [1.165, 1.54) is 19.1 Å². The minimum Gasteiger partial charge on any atom is -0.323 e. The average Bonchev–Trinajstić information content (AvgIpc) is 2.54. The molecule has 2 aromatic rings. The molecule has 10 heteroatoms. The summed E-state index contributed by atoms with van der Waals surface area (Å²) in [5.41, 5.74) is 0.000922. The van der Waals surface area contributed by atoms with Crippen molar-refractivity contribution in [2.75, 3.05) is 15.9 Å². The van der Waals surface area contributed by atoms with Gasteiger partial charge in [-0.3, -0.25) is 9.10 Å². The molecule has 0 heterocycles. The van der Waals surface area contributed by atoms with Crippen molar-refractivity contribution in [2.45, 2.75) is 13.0 Å². The third-order valence-corrected chi connectivity index (χ3v) is 5.52. The number of carbonyl (C=O) groups excluding carboxylic acids is 1. The van der Waals surface area contributed by atoms with E-state index in [1.54, 1.807) is 6.07 Å². The predicted octanol–water partition coefficient (Wildman–Crippen LogP) is 4.06. The molecule has 0 bridgehead atoms. The van der Waals surface area contributed by atoms with Crippen LogP contribution in [0.2, 0.25) is 10.0 Å². The summed E-state index contributed by atoms with van der Waals surface area (Å²) in [4.78, 5) is 12.5. The van der Waals surface area contributed by atoms with E-state index in [1.807, 2.05) is 0 Å². The fourth-order valence-electron chi connectivity index (χ4n) is 2.27. The maximum absolute atomic E-state index is 13.5. The highest BCUT2D eigenvalue weighted by Crippen LogP contribution is 2.30. The third-order valence-electron chi connectivity index (χ3n) is 3.46. The Bertz CT molecular complexity index is 955. The van der Waals surface area contributed by atoms with Gasteiger partial charge in [-0.15, -0.1) is 0 Å². The van der Waals surface area contributed by atoms with Crippen LogP contribution < -0.4 is 9.62 Å². The minimum atomic E-state index is -3.98. The van der Waals surface area contributed by atoms with Gasteiger partial charge in [0.05, 0.1) is 27.7 Å². The first kappa shape index (κ1) is 20.4. The van der Waals surface area contributed by atoms with Crippen molar-refractivity contribution < 1.29 is 22.0 Å². The van der Waals surface area contributed by atoms with Crippen molar-refractivity contribution in [1.82, 2.24) is 0 Å². The van der Waals surface area contributed by atoms with Crippen LogP contribution in [-0.2, 0) is 14.8 Å². The lowest BCUT2D eigenvalue weighted by Gasteiger charge is -2.28. The van der Waals surface area contributed by atoms with E-state index in [0.717, 1.165) is 18.4 Å². The standard InChI is InChI=1S/C16H14Cl2F2N2O3S/c1-9(16(23)21-14-5-3-4-11(17)15(14)18)22(26(2,24)25)10-6-7-12(19)13(20)8-10/h3-9H,1-2H3,(H,21,23). The molecule has 0 aromatic heterocycles. The van der Waals surface area contributed by atoms with Gasteiger partial charge in [-0.2, -0.15) is 0 Å². The zero-order chi connectivity index (χ0) is 19.6. The number of carbonyl (C=O) groups is 1. The highest BCUT2D eigenvalue weighted by Gasteiger charge is 2.30. The molecule has 2 aromatic carbocycles. The number of sulfonamides is 1. The van der Waals surface area contributed by atoms with Crippen LogP contribution in [0.4, 0.5) is 20.2 Å². The monoisotopic (exact) mass is 422 g/mol. The molecule has 0 aliphatic rings. The van der Waals surface area contributed by atoms with Crippen LogP contribution in [-0.4, -0.2) is 26.6 Å². The maximum atomic E-state index is 13.5. The lowest BCUT2D eigenvalue weighted by atomic mass is 10.2. The molecule has 0 saturated carbocycles. The van der Waals surface area contributed by atoms with Crippen LogP contribution in [0.25, 0.3) is 0 Å². The Morgan fingerprint density at radius 2 is 1.81 bits per heavy atom. The number of hydrogen-bond donors (Lipinski definition) is 1. The van der Waals surface area contributed by atoms with Gasteiger partial charge in [0.1, 0.15) is 6.04 Å². The van der Waals surface area contributed by atoms with Gasteiger partial charge in [0.25, 0.3) is 0 Å². The summed E-state index contributed by atoms with van der Waals surface area (Å²) < 4.78 is 51.6. The Morgan fingerprint density at radius 3 is 2.38 bits per heavy atom. The number of nitrogens with zero attached hydrogens (tertiary/aromatic N) is 1. The number of anilines is 2. The Labute approximate surface area is 159 Å². The van der Waals surface area contributed by atoms with Crippen molar-refractivity contribution in [2.24, 2.45) is 0 Å². The number of benzene rings is 2. The fourth-order valence-corrected chi connectivity index (χ4v) is 3.78. The molecule has 0 fully saturated rings. The molecule has 1 amide bonds. The molecule has 140 valence electrons. The van der Waals surface area contributed by atoms with Crippen molar-refractivity contribution in [3.8, 4) is 0 Å². The summed E-state index contributed by atoms with van der Waals surface area (Å²) in [5, 5.41) is 2.77. The van der Waals surface area contributed by atoms with Crippen LogP contribution in [0.15, 0.2) is 36.4 Å². The summed E-state index contributed by atoms with van der Waals surface area (Å²) >= 11 is 11.9. The summed E-state index contributed by atoms with van der Waals surface area (Å²) in [6.07, 6.45) is 0.852. The summed E-state index contributed by atoms with van der Waals surface area (Å²) in [6, 6.07) is 5.83. The summed E-state index contributed by atoms with van der Waals surface area (Å²) in [7, 11) is -3.98. The summed E-state index contributed by atoms with van der Waals surface area (Å²) in [5.74, 6) is -3.10. The van der Waals surface area contributed by atoms with Crippen LogP contribution >= 0.6 is 23.2 Å². The van der Waals surface area contributed by atoms with E-state index in [9.17, 15) is 22.0 Å². The molecule has 0 aliphatic heterocycles. The number of rotatable bonds is 5. The van der Waals surface area contributed by atoms with Gasteiger partial charge < -0.3 is 5.32 Å². The van der Waals surface area contributed by atoms with Crippen LogP contribution in [0.5, 0.6) is 0 Å². The largest absolute Gasteiger partial charge is 0.323 e. The normalized spacial score (nSPS) is 12.5. The Kier molecular flexibility index (Phi) is 6.10. The highest BCUT2D eigenvalue weighted by molar-refractivity contribution is 7.92. The molecular weight excluding hydrogens is 409 g/mol. The Balaban J connectivity index is 2.37. The van der Waals surface area contributed by atoms with E-state index >= 15 is 0 Å². The Morgan fingerprint density at radius 1 is 1.15 bits per heavy atom. The number of amides is 1. The van der Waals surface area contributed by atoms with Gasteiger partial charge in [0, 0.05) is 6.07 Å². The van der Waals surface area contributed by atoms with E-state index in [4.69, 9.17) is 23.2 Å². The quantitative estimate of drug-likeness (QED) is 0.789. The molecule has 5 nitrogen and oxygen atoms in total. The second-order valence-corrected chi connectivity index (χ2v) is 8.07. The molecule has 0 saturated heterocycles. The molecule has 0 aliphatic carbocycles. The van der Waals surface area contributed by atoms with E-state index in [2.05, 4.69) is 5.32 Å². The summed E-state index contributed by atoms with van der Waals surface area (Å²) in [6.45, 7) is 1.30. The van der Waals surface area contributed by atoms with Crippen molar-refractivity contribution in [3.05, 3.63) is 58.1 Å². The van der Waals surface area contributed by atoms with Crippen molar-refractivity contribution in [3.63, 3.8) is 0 Å². The van der Waals surface area contributed by atoms with E-state index in [-0.39, 0.29) is 21.4 Å². The second-order valence-electron chi connectivity index (χ2n) is 5.42. The van der Waals surface area contributed by atoms with Gasteiger partial charge in [0.2, 0.25) is 15.9 Å². The third kappa shape index (κ3) is 4.44. The van der Waals surface area contributed by atoms with Gasteiger partial charge in [-0.25, -0.2) is 17.2 Å². The maximum Gasteiger partial charge on any atom is 0.248 e. The average molecular weight is 423 g/mol. The molecular formula is C16H14Cl2F2N2O3S. The van der Waals surface area contributed by atoms with Crippen LogP contribution in [0, 0.1) is 11.6 Å².